The third-order valence-electron chi connectivity index (χ3n) is 1.23. The van der Waals surface area contributed by atoms with Gasteiger partial charge in [-0.3, -0.25) is 0 Å². The molecule has 0 unspecified atom stereocenters. The van der Waals surface area contributed by atoms with Crippen LogP contribution in [0.4, 0.5) is 0 Å². The van der Waals surface area contributed by atoms with Crippen LogP contribution in [0.2, 0.25) is 0 Å². The molecule has 0 radical (unpaired) electrons. The fourth-order valence-electron chi connectivity index (χ4n) is 0.728. The minimum Gasteiger partial charge on any atom is -1.00 e. The molecule has 0 fully saturated rings. The third kappa shape index (κ3) is 5.28. The first-order valence-corrected chi connectivity index (χ1v) is 4.73. The van der Waals surface area contributed by atoms with E-state index in [2.05, 4.69) is 9.32 Å². The maximum atomic E-state index is 10.4. The summed E-state index contributed by atoms with van der Waals surface area (Å²) in [5.74, 6) is 0.225. The Bertz CT molecular complexity index is 365. The second kappa shape index (κ2) is 4.97. The fraction of sp³-hybridized carbons (Fsp3) is 0.143. The Morgan fingerprint density at radius 2 is 1.77 bits per heavy atom. The molecule has 0 aliphatic carbocycles. The van der Waals surface area contributed by atoms with E-state index in [9.17, 15) is 8.42 Å². The van der Waals surface area contributed by atoms with Crippen LogP contribution in [0.5, 0.6) is 5.75 Å². The Kier molecular flexibility index (Phi) is 4.95. The van der Waals surface area contributed by atoms with Crippen LogP contribution in [0.25, 0.3) is 0 Å². The van der Waals surface area contributed by atoms with Crippen molar-refractivity contribution in [2.24, 2.45) is 5.14 Å². The summed E-state index contributed by atoms with van der Waals surface area (Å²) in [5, 5.41) is 4.66. The molecule has 0 aromatic heterocycles. The average Bonchev–Trinajstić information content (AvgIpc) is 1.91. The van der Waals surface area contributed by atoms with Gasteiger partial charge >= 0.3 is 39.9 Å². The number of hydrogen-bond donors (Lipinski definition) is 1. The second-order valence-corrected chi connectivity index (χ2v) is 3.54. The molecule has 0 saturated carbocycles. The Morgan fingerprint density at radius 3 is 2.15 bits per heavy atom. The number of benzene rings is 1. The van der Waals surface area contributed by atoms with Gasteiger partial charge in [0.1, 0.15) is 5.75 Å². The van der Waals surface area contributed by atoms with E-state index in [-0.39, 0.29) is 36.7 Å². The molecule has 0 atom stereocenters. The minimum atomic E-state index is -3.89. The second-order valence-electron chi connectivity index (χ2n) is 2.39. The van der Waals surface area contributed by atoms with Gasteiger partial charge in [0.25, 0.3) is 0 Å². The largest absolute Gasteiger partial charge is 1.00 e. The molecule has 0 amide bonds. The van der Waals surface area contributed by atoms with Crippen molar-refractivity contribution in [3.8, 4) is 5.75 Å². The molecule has 68 valence electrons. The molecule has 0 saturated heterocycles. The maximum absolute atomic E-state index is 10.4. The van der Waals surface area contributed by atoms with Gasteiger partial charge in [0.05, 0.1) is 0 Å². The Balaban J connectivity index is 0. The molecule has 0 aliphatic heterocycles. The van der Waals surface area contributed by atoms with Crippen molar-refractivity contribution in [2.75, 3.05) is 0 Å². The molecular formula is C7H10NNaO3S. The van der Waals surface area contributed by atoms with Crippen LogP contribution in [0, 0.1) is 6.92 Å². The third-order valence-corrected chi connectivity index (χ3v) is 1.66. The summed E-state index contributed by atoms with van der Waals surface area (Å²) >= 11 is 0. The minimum absolute atomic E-state index is 0. The van der Waals surface area contributed by atoms with Crippen LogP contribution in [-0.2, 0) is 10.3 Å². The van der Waals surface area contributed by atoms with Gasteiger partial charge in [-0.15, -0.1) is 0 Å². The van der Waals surface area contributed by atoms with E-state index in [0.29, 0.717) is 0 Å². The quantitative estimate of drug-likeness (QED) is 0.559. The Morgan fingerprint density at radius 1 is 1.31 bits per heavy atom. The number of nitrogens with two attached hydrogens (primary N) is 1. The van der Waals surface area contributed by atoms with E-state index >= 15 is 0 Å². The first kappa shape index (κ1) is 12.9. The zero-order valence-electron chi connectivity index (χ0n) is 8.52. The summed E-state index contributed by atoms with van der Waals surface area (Å²) in [5.41, 5.74) is 1.02. The molecule has 0 heterocycles. The average molecular weight is 211 g/mol. The summed E-state index contributed by atoms with van der Waals surface area (Å²) in [7, 11) is -3.89. The molecule has 0 aliphatic rings. The number of rotatable bonds is 2. The van der Waals surface area contributed by atoms with Crippen LogP contribution in [0.15, 0.2) is 24.3 Å². The smallest absolute Gasteiger partial charge is 1.00 e. The van der Waals surface area contributed by atoms with Gasteiger partial charge in [-0.2, -0.15) is 13.6 Å². The zero-order valence-corrected chi connectivity index (χ0v) is 10.3. The topological polar surface area (TPSA) is 69.4 Å². The maximum Gasteiger partial charge on any atom is 1.00 e. The number of hydrogen-bond acceptors (Lipinski definition) is 3. The summed E-state index contributed by atoms with van der Waals surface area (Å²) < 4.78 is 25.3. The van der Waals surface area contributed by atoms with Gasteiger partial charge in [0.15, 0.2) is 0 Å². The van der Waals surface area contributed by atoms with Crippen molar-refractivity contribution in [1.82, 2.24) is 0 Å². The monoisotopic (exact) mass is 211 g/mol. The van der Waals surface area contributed by atoms with Gasteiger partial charge in [0, 0.05) is 0 Å². The summed E-state index contributed by atoms with van der Waals surface area (Å²) in [4.78, 5) is 0. The van der Waals surface area contributed by atoms with Gasteiger partial charge < -0.3 is 5.61 Å². The molecular weight excluding hydrogens is 201 g/mol. The van der Waals surface area contributed by atoms with E-state index in [0.717, 1.165) is 5.56 Å². The predicted molar refractivity (Wildman–Crippen MR) is 46.0 cm³/mol. The SMILES string of the molecule is Cc1ccc(OS(N)(=O)=O)cc1.[H-].[Na+]. The van der Waals surface area contributed by atoms with Crippen LogP contribution < -0.4 is 38.9 Å². The normalized spacial score (nSPS) is 10.3. The standard InChI is InChI=1S/C7H9NO3S.Na.H/c1-6-2-4-7(5-3-6)11-12(8,9)10;;/h2-5H,1H3,(H2,8,9,10);;/q;+1;-1. The Labute approximate surface area is 101 Å². The molecule has 13 heavy (non-hydrogen) atoms. The van der Waals surface area contributed by atoms with Crippen molar-refractivity contribution in [3.05, 3.63) is 29.8 Å². The molecule has 0 spiro atoms. The van der Waals surface area contributed by atoms with E-state index in [1.54, 1.807) is 24.3 Å². The van der Waals surface area contributed by atoms with Gasteiger partial charge in [-0.1, -0.05) is 17.7 Å². The molecule has 4 nitrogen and oxygen atoms in total. The van der Waals surface area contributed by atoms with Crippen molar-refractivity contribution in [3.63, 3.8) is 0 Å². The first-order valence-electron chi connectivity index (χ1n) is 3.26. The van der Waals surface area contributed by atoms with Crippen LogP contribution in [-0.4, -0.2) is 8.42 Å². The van der Waals surface area contributed by atoms with Gasteiger partial charge in [0.2, 0.25) is 0 Å². The van der Waals surface area contributed by atoms with Gasteiger partial charge in [-0.05, 0) is 19.1 Å². The van der Waals surface area contributed by atoms with Crippen LogP contribution in [0.1, 0.15) is 6.99 Å². The zero-order chi connectivity index (χ0) is 9.19. The molecule has 1 aromatic rings. The fourth-order valence-corrected chi connectivity index (χ4v) is 1.11. The number of aryl methyl sites for hydroxylation is 1. The molecule has 1 rings (SSSR count). The molecule has 0 bridgehead atoms. The first-order chi connectivity index (χ1) is 5.47. The molecule has 1 aromatic carbocycles. The van der Waals surface area contributed by atoms with Crippen molar-refractivity contribution >= 4 is 10.3 Å². The van der Waals surface area contributed by atoms with Crippen LogP contribution >= 0.6 is 0 Å². The molecule has 6 heteroatoms. The molecule has 2 N–H and O–H groups in total. The van der Waals surface area contributed by atoms with E-state index in [1.807, 2.05) is 6.92 Å². The summed E-state index contributed by atoms with van der Waals surface area (Å²) in [6, 6.07) is 6.56. The van der Waals surface area contributed by atoms with Gasteiger partial charge in [-0.25, -0.2) is 0 Å². The van der Waals surface area contributed by atoms with Crippen molar-refractivity contribution < 1.29 is 43.6 Å². The van der Waals surface area contributed by atoms with Crippen molar-refractivity contribution in [1.29, 1.82) is 0 Å². The van der Waals surface area contributed by atoms with E-state index in [4.69, 9.17) is 0 Å². The van der Waals surface area contributed by atoms with E-state index < -0.39 is 10.3 Å². The van der Waals surface area contributed by atoms with Crippen molar-refractivity contribution in [2.45, 2.75) is 6.92 Å². The van der Waals surface area contributed by atoms with E-state index in [1.165, 1.54) is 0 Å². The van der Waals surface area contributed by atoms with Crippen LogP contribution in [0.3, 0.4) is 0 Å². The Hall–Kier alpha value is -0.0700. The summed E-state index contributed by atoms with van der Waals surface area (Å²) in [6.45, 7) is 1.89. The predicted octanol–water partition coefficient (Wildman–Crippen LogP) is -2.31. The summed E-state index contributed by atoms with van der Waals surface area (Å²) in [6.07, 6.45) is 0.